The molecule has 0 aliphatic carbocycles. The highest BCUT2D eigenvalue weighted by Crippen LogP contribution is 2.13. The van der Waals surface area contributed by atoms with Crippen molar-refractivity contribution < 1.29 is 9.53 Å². The molecule has 0 bridgehead atoms. The largest absolute Gasteiger partial charge is 0.465 e. The SMILES string of the molecule is COC(=O)c1ccc(Cn2cc(C(C)C)cn2)cc1. The van der Waals surface area contributed by atoms with E-state index in [1.807, 2.05) is 23.0 Å². The van der Waals surface area contributed by atoms with Gasteiger partial charge in [0.05, 0.1) is 25.4 Å². The molecule has 0 amide bonds. The van der Waals surface area contributed by atoms with Gasteiger partial charge in [-0.3, -0.25) is 4.68 Å². The number of hydrogen-bond donors (Lipinski definition) is 0. The van der Waals surface area contributed by atoms with Crippen LogP contribution in [0.15, 0.2) is 36.7 Å². The molecule has 2 aromatic rings. The smallest absolute Gasteiger partial charge is 0.337 e. The van der Waals surface area contributed by atoms with E-state index >= 15 is 0 Å². The Kier molecular flexibility index (Phi) is 4.00. The van der Waals surface area contributed by atoms with Crippen molar-refractivity contribution in [2.75, 3.05) is 7.11 Å². The van der Waals surface area contributed by atoms with E-state index in [4.69, 9.17) is 0 Å². The van der Waals surface area contributed by atoms with Crippen LogP contribution in [0.4, 0.5) is 0 Å². The first-order valence-electron chi connectivity index (χ1n) is 6.29. The highest BCUT2D eigenvalue weighted by Gasteiger charge is 2.06. The van der Waals surface area contributed by atoms with Crippen molar-refractivity contribution in [2.45, 2.75) is 26.3 Å². The molecule has 0 saturated carbocycles. The lowest BCUT2D eigenvalue weighted by Crippen LogP contribution is -2.03. The number of nitrogens with zero attached hydrogens (tertiary/aromatic N) is 2. The number of esters is 1. The summed E-state index contributed by atoms with van der Waals surface area (Å²) in [7, 11) is 1.38. The van der Waals surface area contributed by atoms with Crippen LogP contribution in [0.2, 0.25) is 0 Å². The predicted molar refractivity (Wildman–Crippen MR) is 73.2 cm³/mol. The van der Waals surface area contributed by atoms with Gasteiger partial charge in [-0.2, -0.15) is 5.10 Å². The number of benzene rings is 1. The lowest BCUT2D eigenvalue weighted by Gasteiger charge is -2.04. The summed E-state index contributed by atoms with van der Waals surface area (Å²) in [4.78, 5) is 11.3. The Bertz CT molecular complexity index is 556. The number of hydrogen-bond acceptors (Lipinski definition) is 3. The molecule has 1 aromatic carbocycles. The Morgan fingerprint density at radius 2 is 2.00 bits per heavy atom. The minimum absolute atomic E-state index is 0.312. The van der Waals surface area contributed by atoms with Gasteiger partial charge in [-0.1, -0.05) is 26.0 Å². The molecule has 0 spiro atoms. The van der Waals surface area contributed by atoms with Gasteiger partial charge >= 0.3 is 5.97 Å². The molecule has 1 heterocycles. The summed E-state index contributed by atoms with van der Waals surface area (Å²) < 4.78 is 6.57. The molecule has 0 fully saturated rings. The fourth-order valence-corrected chi connectivity index (χ4v) is 1.82. The van der Waals surface area contributed by atoms with Gasteiger partial charge < -0.3 is 4.74 Å². The minimum atomic E-state index is -0.312. The van der Waals surface area contributed by atoms with Crippen molar-refractivity contribution in [1.82, 2.24) is 9.78 Å². The highest BCUT2D eigenvalue weighted by molar-refractivity contribution is 5.89. The summed E-state index contributed by atoms with van der Waals surface area (Å²) in [5.74, 6) is 0.170. The molecule has 1 aromatic heterocycles. The molecule has 0 saturated heterocycles. The van der Waals surface area contributed by atoms with Crippen LogP contribution in [0.5, 0.6) is 0 Å². The van der Waals surface area contributed by atoms with Gasteiger partial charge in [0.1, 0.15) is 0 Å². The lowest BCUT2D eigenvalue weighted by atomic mass is 10.1. The number of aromatic nitrogens is 2. The third-order valence-electron chi connectivity index (χ3n) is 3.04. The summed E-state index contributed by atoms with van der Waals surface area (Å²) >= 11 is 0. The van der Waals surface area contributed by atoms with Gasteiger partial charge in [-0.25, -0.2) is 4.79 Å². The van der Waals surface area contributed by atoms with E-state index in [0.29, 0.717) is 18.0 Å². The Hall–Kier alpha value is -2.10. The molecular weight excluding hydrogens is 240 g/mol. The van der Waals surface area contributed by atoms with Crippen LogP contribution in [0.1, 0.15) is 41.3 Å². The molecule has 100 valence electrons. The lowest BCUT2D eigenvalue weighted by molar-refractivity contribution is 0.0600. The average molecular weight is 258 g/mol. The maximum Gasteiger partial charge on any atom is 0.337 e. The number of carbonyl (C=O) groups excluding carboxylic acids is 1. The van der Waals surface area contributed by atoms with Gasteiger partial charge in [0.15, 0.2) is 0 Å². The number of rotatable bonds is 4. The van der Waals surface area contributed by atoms with E-state index in [9.17, 15) is 4.79 Å². The fraction of sp³-hybridized carbons (Fsp3) is 0.333. The maximum atomic E-state index is 11.3. The monoisotopic (exact) mass is 258 g/mol. The van der Waals surface area contributed by atoms with Crippen LogP contribution in [0, 0.1) is 0 Å². The molecule has 0 aliphatic rings. The van der Waals surface area contributed by atoms with Crippen molar-refractivity contribution >= 4 is 5.97 Å². The molecule has 19 heavy (non-hydrogen) atoms. The predicted octanol–water partition coefficient (Wildman–Crippen LogP) is 2.84. The number of carbonyl (C=O) groups is 1. The normalized spacial score (nSPS) is 10.7. The van der Waals surface area contributed by atoms with E-state index in [0.717, 1.165) is 5.56 Å². The van der Waals surface area contributed by atoms with Gasteiger partial charge in [-0.05, 0) is 29.2 Å². The van der Waals surface area contributed by atoms with Crippen molar-refractivity contribution in [3.8, 4) is 0 Å². The van der Waals surface area contributed by atoms with Crippen molar-refractivity contribution in [1.29, 1.82) is 0 Å². The minimum Gasteiger partial charge on any atom is -0.465 e. The van der Waals surface area contributed by atoms with E-state index < -0.39 is 0 Å². The standard InChI is InChI=1S/C15H18N2O2/c1-11(2)14-8-16-17(10-14)9-12-4-6-13(7-5-12)15(18)19-3/h4-8,10-11H,9H2,1-3H3. The second kappa shape index (κ2) is 5.69. The molecule has 2 rings (SSSR count). The Balaban J connectivity index is 2.08. The van der Waals surface area contributed by atoms with Gasteiger partial charge in [-0.15, -0.1) is 0 Å². The van der Waals surface area contributed by atoms with E-state index in [1.54, 1.807) is 12.1 Å². The second-order valence-corrected chi connectivity index (χ2v) is 4.81. The van der Waals surface area contributed by atoms with Crippen molar-refractivity contribution in [3.05, 3.63) is 53.3 Å². The Morgan fingerprint density at radius 1 is 1.32 bits per heavy atom. The zero-order valence-corrected chi connectivity index (χ0v) is 11.5. The van der Waals surface area contributed by atoms with Gasteiger partial charge in [0, 0.05) is 6.20 Å². The summed E-state index contributed by atoms with van der Waals surface area (Å²) in [6.07, 6.45) is 3.95. The van der Waals surface area contributed by atoms with Crippen LogP contribution in [0.3, 0.4) is 0 Å². The summed E-state index contributed by atoms with van der Waals surface area (Å²) in [5, 5.41) is 4.33. The second-order valence-electron chi connectivity index (χ2n) is 4.81. The zero-order valence-electron chi connectivity index (χ0n) is 11.5. The average Bonchev–Trinajstić information content (AvgIpc) is 2.87. The summed E-state index contributed by atoms with van der Waals surface area (Å²) in [6.45, 7) is 4.99. The van der Waals surface area contributed by atoms with E-state index in [2.05, 4.69) is 29.9 Å². The zero-order chi connectivity index (χ0) is 13.8. The van der Waals surface area contributed by atoms with Crippen molar-refractivity contribution in [2.24, 2.45) is 0 Å². The molecule has 4 heteroatoms. The van der Waals surface area contributed by atoms with Crippen molar-refractivity contribution in [3.63, 3.8) is 0 Å². The summed E-state index contributed by atoms with van der Waals surface area (Å²) in [5.41, 5.74) is 2.90. The Morgan fingerprint density at radius 3 is 2.53 bits per heavy atom. The number of ether oxygens (including phenoxy) is 1. The highest BCUT2D eigenvalue weighted by atomic mass is 16.5. The first-order valence-corrected chi connectivity index (χ1v) is 6.29. The third kappa shape index (κ3) is 3.22. The Labute approximate surface area is 113 Å². The molecule has 0 N–H and O–H groups in total. The quantitative estimate of drug-likeness (QED) is 0.792. The maximum absolute atomic E-state index is 11.3. The van der Waals surface area contributed by atoms with Crippen LogP contribution < -0.4 is 0 Å². The molecule has 0 aliphatic heterocycles. The fourth-order valence-electron chi connectivity index (χ4n) is 1.82. The topological polar surface area (TPSA) is 44.1 Å². The summed E-state index contributed by atoms with van der Waals surface area (Å²) in [6, 6.07) is 7.38. The number of methoxy groups -OCH3 is 1. The van der Waals surface area contributed by atoms with Crippen LogP contribution in [-0.2, 0) is 11.3 Å². The molecule has 0 unspecified atom stereocenters. The molecule has 0 radical (unpaired) electrons. The first kappa shape index (κ1) is 13.3. The molecule has 4 nitrogen and oxygen atoms in total. The third-order valence-corrected chi connectivity index (χ3v) is 3.04. The van der Waals surface area contributed by atoms with Crippen LogP contribution >= 0.6 is 0 Å². The van der Waals surface area contributed by atoms with Gasteiger partial charge in [0.25, 0.3) is 0 Å². The van der Waals surface area contributed by atoms with Crippen LogP contribution in [0.25, 0.3) is 0 Å². The molecular formula is C15H18N2O2. The van der Waals surface area contributed by atoms with E-state index in [-0.39, 0.29) is 5.97 Å². The first-order chi connectivity index (χ1) is 9.10. The van der Waals surface area contributed by atoms with E-state index in [1.165, 1.54) is 12.7 Å². The van der Waals surface area contributed by atoms with Gasteiger partial charge in [0.2, 0.25) is 0 Å². The van der Waals surface area contributed by atoms with Crippen LogP contribution in [-0.4, -0.2) is 22.9 Å². The molecule has 0 atom stereocenters.